The quantitative estimate of drug-likeness (QED) is 0.914. The van der Waals surface area contributed by atoms with E-state index >= 15 is 0 Å². The summed E-state index contributed by atoms with van der Waals surface area (Å²) in [5.41, 5.74) is 1.06. The minimum atomic E-state index is 0.845. The van der Waals surface area contributed by atoms with Crippen molar-refractivity contribution >= 4 is 39.6 Å². The Kier molecular flexibility index (Phi) is 4.36. The maximum absolute atomic E-state index is 4.58. The largest absolute Gasteiger partial charge is 0.363 e. The Hall–Kier alpha value is -0.660. The van der Waals surface area contributed by atoms with Crippen LogP contribution >= 0.6 is 34.4 Å². The molecule has 0 atom stereocenters. The number of thioether (sulfide) groups is 1. The molecule has 0 spiro atoms. The van der Waals surface area contributed by atoms with E-state index < -0.39 is 0 Å². The van der Waals surface area contributed by atoms with Crippen LogP contribution in [0.15, 0.2) is 0 Å². The summed E-state index contributed by atoms with van der Waals surface area (Å²) in [4.78, 5) is 5.72. The maximum Gasteiger partial charge on any atom is 0.205 e. The van der Waals surface area contributed by atoms with Crippen LogP contribution in [-0.4, -0.2) is 28.0 Å². The molecule has 0 bridgehead atoms. The van der Waals surface area contributed by atoms with Gasteiger partial charge in [-0.1, -0.05) is 18.3 Å². The zero-order valence-corrected chi connectivity index (χ0v) is 12.4. The van der Waals surface area contributed by atoms with Crippen LogP contribution in [0.3, 0.4) is 0 Å². The van der Waals surface area contributed by atoms with E-state index in [1.54, 1.807) is 22.7 Å². The number of anilines is 1. The van der Waals surface area contributed by atoms with Gasteiger partial charge in [0, 0.05) is 12.8 Å². The Labute approximate surface area is 113 Å². The molecular weight excluding hydrogens is 272 g/mol. The molecule has 0 saturated heterocycles. The Balaban J connectivity index is 2.22. The lowest BCUT2D eigenvalue weighted by Gasteiger charge is -1.90. The number of rotatable bonds is 5. The topological polar surface area (TPSA) is 50.7 Å². The van der Waals surface area contributed by atoms with Gasteiger partial charge in [-0.05, 0) is 12.7 Å². The van der Waals surface area contributed by atoms with Crippen LogP contribution in [-0.2, 0) is 5.75 Å². The van der Waals surface area contributed by atoms with Crippen molar-refractivity contribution in [2.45, 2.75) is 19.6 Å². The van der Waals surface area contributed by atoms with E-state index in [2.05, 4.69) is 27.4 Å². The molecule has 0 aromatic carbocycles. The zero-order chi connectivity index (χ0) is 12.3. The van der Waals surface area contributed by atoms with E-state index in [4.69, 9.17) is 0 Å². The van der Waals surface area contributed by atoms with Crippen LogP contribution in [0, 0.1) is 6.92 Å². The van der Waals surface area contributed by atoms with E-state index in [-0.39, 0.29) is 0 Å². The molecule has 2 rings (SSSR count). The lowest BCUT2D eigenvalue weighted by molar-refractivity contribution is 1.09. The van der Waals surface area contributed by atoms with Crippen LogP contribution in [0.2, 0.25) is 0 Å². The normalized spacial score (nSPS) is 10.8. The van der Waals surface area contributed by atoms with Crippen molar-refractivity contribution in [1.29, 1.82) is 0 Å². The predicted octanol–water partition coefficient (Wildman–Crippen LogP) is 3.26. The summed E-state index contributed by atoms with van der Waals surface area (Å²) in [6.45, 7) is 4.20. The summed E-state index contributed by atoms with van der Waals surface area (Å²) < 4.78 is 0. The van der Waals surface area contributed by atoms with E-state index in [0.29, 0.717) is 0 Å². The lowest BCUT2D eigenvalue weighted by Crippen LogP contribution is -1.84. The van der Waals surface area contributed by atoms with Gasteiger partial charge in [0.2, 0.25) is 5.13 Å². The van der Waals surface area contributed by atoms with Gasteiger partial charge >= 0.3 is 0 Å². The summed E-state index contributed by atoms with van der Waals surface area (Å²) >= 11 is 5.18. The van der Waals surface area contributed by atoms with Crippen molar-refractivity contribution in [2.75, 3.05) is 18.1 Å². The van der Waals surface area contributed by atoms with Gasteiger partial charge in [0.1, 0.15) is 5.01 Å². The molecular formula is C10H14N4S3. The molecule has 1 N–H and O–H groups in total. The van der Waals surface area contributed by atoms with Crippen LogP contribution < -0.4 is 5.32 Å². The third kappa shape index (κ3) is 2.97. The van der Waals surface area contributed by atoms with Crippen molar-refractivity contribution in [3.63, 3.8) is 0 Å². The second-order valence-electron chi connectivity index (χ2n) is 3.32. The smallest absolute Gasteiger partial charge is 0.205 e. The molecule has 4 nitrogen and oxygen atoms in total. The Morgan fingerprint density at radius 1 is 1.29 bits per heavy atom. The molecule has 2 heterocycles. The fourth-order valence-corrected chi connectivity index (χ4v) is 3.93. The molecule has 92 valence electrons. The standard InChI is InChI=1S/C10H14N4S3/c1-4-15-5-7-12-6(2)8(16-7)9-13-14-10(11-3)17-9/h4-5H2,1-3H3,(H,11,14). The number of thiazole rings is 1. The van der Waals surface area contributed by atoms with Gasteiger partial charge in [-0.2, -0.15) is 11.8 Å². The average Bonchev–Trinajstić information content (AvgIpc) is 2.92. The number of aromatic nitrogens is 3. The zero-order valence-electron chi connectivity index (χ0n) is 9.98. The van der Waals surface area contributed by atoms with Crippen molar-refractivity contribution in [3.05, 3.63) is 10.7 Å². The minimum Gasteiger partial charge on any atom is -0.363 e. The average molecular weight is 286 g/mol. The van der Waals surface area contributed by atoms with Gasteiger partial charge in [0.15, 0.2) is 5.01 Å². The van der Waals surface area contributed by atoms with E-state index in [0.717, 1.165) is 32.2 Å². The predicted molar refractivity (Wildman–Crippen MR) is 77.1 cm³/mol. The van der Waals surface area contributed by atoms with E-state index in [1.807, 2.05) is 25.7 Å². The number of hydrogen-bond donors (Lipinski definition) is 1. The lowest BCUT2D eigenvalue weighted by atomic mass is 10.4. The van der Waals surface area contributed by atoms with Crippen molar-refractivity contribution in [3.8, 4) is 9.88 Å². The number of aryl methyl sites for hydroxylation is 1. The Bertz CT molecular complexity index is 491. The van der Waals surface area contributed by atoms with Crippen LogP contribution in [0.4, 0.5) is 5.13 Å². The van der Waals surface area contributed by atoms with Crippen LogP contribution in [0.25, 0.3) is 9.88 Å². The third-order valence-electron chi connectivity index (χ3n) is 2.10. The SMILES string of the molecule is CCSCc1nc(C)c(-c2nnc(NC)s2)s1. The number of nitrogens with one attached hydrogen (secondary N) is 1. The van der Waals surface area contributed by atoms with Gasteiger partial charge in [0.25, 0.3) is 0 Å². The minimum absolute atomic E-state index is 0.845. The molecule has 0 unspecified atom stereocenters. The van der Waals surface area contributed by atoms with E-state index in [1.165, 1.54) is 5.01 Å². The fraction of sp³-hybridized carbons (Fsp3) is 0.500. The number of nitrogens with zero attached hydrogens (tertiary/aromatic N) is 3. The summed E-state index contributed by atoms with van der Waals surface area (Å²) in [6, 6.07) is 0. The van der Waals surface area contributed by atoms with Gasteiger partial charge in [-0.25, -0.2) is 4.98 Å². The first kappa shape index (κ1) is 12.8. The fourth-order valence-electron chi connectivity index (χ4n) is 1.32. The van der Waals surface area contributed by atoms with Crippen LogP contribution in [0.1, 0.15) is 17.6 Å². The van der Waals surface area contributed by atoms with Gasteiger partial charge < -0.3 is 5.32 Å². The molecule has 2 aromatic heterocycles. The van der Waals surface area contributed by atoms with Crippen molar-refractivity contribution in [2.24, 2.45) is 0 Å². The van der Waals surface area contributed by atoms with Gasteiger partial charge in [-0.15, -0.1) is 21.5 Å². The molecule has 0 radical (unpaired) electrons. The first-order valence-electron chi connectivity index (χ1n) is 5.30. The highest BCUT2D eigenvalue weighted by Gasteiger charge is 2.13. The first-order chi connectivity index (χ1) is 8.24. The van der Waals surface area contributed by atoms with E-state index in [9.17, 15) is 0 Å². The summed E-state index contributed by atoms with van der Waals surface area (Å²) in [5.74, 6) is 2.11. The van der Waals surface area contributed by atoms with Gasteiger partial charge in [-0.3, -0.25) is 0 Å². The molecule has 0 aliphatic rings. The molecule has 0 amide bonds. The summed E-state index contributed by atoms with van der Waals surface area (Å²) in [6.07, 6.45) is 0. The molecule has 7 heteroatoms. The molecule has 2 aromatic rings. The third-order valence-corrected chi connectivity index (χ3v) is 5.42. The highest BCUT2D eigenvalue weighted by atomic mass is 32.2. The highest BCUT2D eigenvalue weighted by molar-refractivity contribution is 7.98. The second kappa shape index (κ2) is 5.79. The second-order valence-corrected chi connectivity index (χ2v) is 6.66. The van der Waals surface area contributed by atoms with Gasteiger partial charge in [0.05, 0.1) is 10.6 Å². The number of hydrogen-bond acceptors (Lipinski definition) is 7. The molecule has 0 aliphatic heterocycles. The monoisotopic (exact) mass is 286 g/mol. The Morgan fingerprint density at radius 3 is 2.76 bits per heavy atom. The first-order valence-corrected chi connectivity index (χ1v) is 8.09. The van der Waals surface area contributed by atoms with Crippen molar-refractivity contribution in [1.82, 2.24) is 15.2 Å². The summed E-state index contributed by atoms with van der Waals surface area (Å²) in [5, 5.41) is 14.2. The van der Waals surface area contributed by atoms with Crippen LogP contribution in [0.5, 0.6) is 0 Å². The molecule has 0 fully saturated rings. The maximum atomic E-state index is 4.58. The highest BCUT2D eigenvalue weighted by Crippen LogP contribution is 2.34. The summed E-state index contributed by atoms with van der Waals surface area (Å²) in [7, 11) is 1.85. The molecule has 0 saturated carbocycles. The molecule has 0 aliphatic carbocycles. The van der Waals surface area contributed by atoms with Crippen molar-refractivity contribution < 1.29 is 0 Å². The Morgan fingerprint density at radius 2 is 2.12 bits per heavy atom. The molecule has 17 heavy (non-hydrogen) atoms.